The van der Waals surface area contributed by atoms with Gasteiger partial charge in [0.15, 0.2) is 0 Å². The molecule has 0 radical (unpaired) electrons. The van der Waals surface area contributed by atoms with E-state index in [0.717, 1.165) is 48.2 Å². The first-order valence-corrected chi connectivity index (χ1v) is 8.40. The molecule has 0 unspecified atom stereocenters. The van der Waals surface area contributed by atoms with Gasteiger partial charge in [0, 0.05) is 23.6 Å². The minimum absolute atomic E-state index is 0.138. The summed E-state index contributed by atoms with van der Waals surface area (Å²) in [6, 6.07) is 5.73. The van der Waals surface area contributed by atoms with E-state index in [1.807, 2.05) is 6.07 Å². The standard InChI is InChI=1S/C16H22BrFN2/c17-16-4-1-14(18)9-13(16)11-20(15-2-3-15)10-12-5-7-19-8-6-12/h1,4,9,12,15,19H,2-3,5-8,10-11H2. The Morgan fingerprint density at radius 1 is 1.20 bits per heavy atom. The molecule has 3 rings (SSSR count). The highest BCUT2D eigenvalue weighted by Crippen LogP contribution is 2.31. The summed E-state index contributed by atoms with van der Waals surface area (Å²) in [5, 5.41) is 3.42. The van der Waals surface area contributed by atoms with Crippen LogP contribution in [-0.4, -0.2) is 30.6 Å². The average molecular weight is 341 g/mol. The lowest BCUT2D eigenvalue weighted by Crippen LogP contribution is -2.37. The number of hydrogen-bond donors (Lipinski definition) is 1. The largest absolute Gasteiger partial charge is 0.317 e. The lowest BCUT2D eigenvalue weighted by Gasteiger charge is -2.30. The molecule has 1 N–H and O–H groups in total. The Morgan fingerprint density at radius 3 is 2.65 bits per heavy atom. The molecule has 1 aliphatic heterocycles. The molecule has 110 valence electrons. The number of rotatable bonds is 5. The van der Waals surface area contributed by atoms with Crippen molar-refractivity contribution in [1.29, 1.82) is 0 Å². The zero-order chi connectivity index (χ0) is 13.9. The Labute approximate surface area is 128 Å². The number of halogens is 2. The molecule has 1 aliphatic carbocycles. The van der Waals surface area contributed by atoms with Gasteiger partial charge in [-0.2, -0.15) is 0 Å². The van der Waals surface area contributed by atoms with Crippen LogP contribution in [0.5, 0.6) is 0 Å². The predicted molar refractivity (Wildman–Crippen MR) is 83.1 cm³/mol. The third kappa shape index (κ3) is 3.80. The van der Waals surface area contributed by atoms with E-state index in [1.54, 1.807) is 6.07 Å². The fourth-order valence-corrected chi connectivity index (χ4v) is 3.43. The van der Waals surface area contributed by atoms with E-state index in [-0.39, 0.29) is 5.82 Å². The summed E-state index contributed by atoms with van der Waals surface area (Å²) < 4.78 is 14.4. The summed E-state index contributed by atoms with van der Waals surface area (Å²) in [5.41, 5.74) is 1.07. The number of nitrogens with zero attached hydrogens (tertiary/aromatic N) is 1. The van der Waals surface area contributed by atoms with Gasteiger partial charge < -0.3 is 5.32 Å². The molecule has 0 atom stereocenters. The maximum absolute atomic E-state index is 13.4. The molecule has 4 heteroatoms. The third-order valence-electron chi connectivity index (χ3n) is 4.40. The molecule has 1 aromatic rings. The van der Waals surface area contributed by atoms with Crippen LogP contribution in [0.1, 0.15) is 31.2 Å². The maximum atomic E-state index is 13.4. The number of hydrogen-bond acceptors (Lipinski definition) is 2. The molecule has 1 heterocycles. The zero-order valence-electron chi connectivity index (χ0n) is 11.7. The van der Waals surface area contributed by atoms with E-state index < -0.39 is 0 Å². The van der Waals surface area contributed by atoms with Crippen molar-refractivity contribution in [3.63, 3.8) is 0 Å². The van der Waals surface area contributed by atoms with Crippen molar-refractivity contribution in [3.8, 4) is 0 Å². The van der Waals surface area contributed by atoms with Gasteiger partial charge in [-0.15, -0.1) is 0 Å². The van der Waals surface area contributed by atoms with Crippen LogP contribution in [-0.2, 0) is 6.54 Å². The van der Waals surface area contributed by atoms with Crippen molar-refractivity contribution in [3.05, 3.63) is 34.1 Å². The molecule has 0 aromatic heterocycles. The van der Waals surface area contributed by atoms with Gasteiger partial charge in [-0.1, -0.05) is 15.9 Å². The molecular formula is C16H22BrFN2. The highest BCUT2D eigenvalue weighted by Gasteiger charge is 2.31. The van der Waals surface area contributed by atoms with Crippen LogP contribution >= 0.6 is 15.9 Å². The molecule has 1 aromatic carbocycles. The Bertz CT molecular complexity index is 456. The van der Waals surface area contributed by atoms with E-state index >= 15 is 0 Å². The van der Waals surface area contributed by atoms with Gasteiger partial charge in [0.1, 0.15) is 5.82 Å². The predicted octanol–water partition coefficient (Wildman–Crippen LogP) is 3.55. The lowest BCUT2D eigenvalue weighted by atomic mass is 9.97. The molecule has 2 nitrogen and oxygen atoms in total. The second-order valence-corrected chi connectivity index (χ2v) is 6.94. The smallest absolute Gasteiger partial charge is 0.123 e. The normalized spacial score (nSPS) is 20.6. The van der Waals surface area contributed by atoms with Gasteiger partial charge in [0.2, 0.25) is 0 Å². The summed E-state index contributed by atoms with van der Waals surface area (Å²) in [7, 11) is 0. The van der Waals surface area contributed by atoms with Gasteiger partial charge in [-0.3, -0.25) is 4.90 Å². The highest BCUT2D eigenvalue weighted by molar-refractivity contribution is 9.10. The van der Waals surface area contributed by atoms with E-state index in [4.69, 9.17) is 0 Å². The molecule has 2 fully saturated rings. The summed E-state index contributed by atoms with van der Waals surface area (Å²) in [5.74, 6) is 0.657. The van der Waals surface area contributed by atoms with Crippen molar-refractivity contribution >= 4 is 15.9 Å². The molecule has 0 bridgehead atoms. The Hall–Kier alpha value is -0.450. The second-order valence-electron chi connectivity index (χ2n) is 6.09. The van der Waals surface area contributed by atoms with E-state index in [0.29, 0.717) is 0 Å². The van der Waals surface area contributed by atoms with Gasteiger partial charge in [0.05, 0.1) is 0 Å². The van der Waals surface area contributed by atoms with Crippen LogP contribution < -0.4 is 5.32 Å². The molecule has 0 amide bonds. The van der Waals surface area contributed by atoms with Crippen LogP contribution in [0, 0.1) is 11.7 Å². The third-order valence-corrected chi connectivity index (χ3v) is 5.17. The van der Waals surface area contributed by atoms with Crippen LogP contribution in [0.2, 0.25) is 0 Å². The van der Waals surface area contributed by atoms with Crippen molar-refractivity contribution in [1.82, 2.24) is 10.2 Å². The van der Waals surface area contributed by atoms with E-state index in [1.165, 1.54) is 31.7 Å². The van der Waals surface area contributed by atoms with Gasteiger partial charge in [-0.25, -0.2) is 4.39 Å². The Balaban J connectivity index is 1.66. The highest BCUT2D eigenvalue weighted by atomic mass is 79.9. The molecule has 1 saturated carbocycles. The van der Waals surface area contributed by atoms with E-state index in [9.17, 15) is 4.39 Å². The topological polar surface area (TPSA) is 15.3 Å². The molecule has 0 spiro atoms. The fraction of sp³-hybridized carbons (Fsp3) is 0.625. The van der Waals surface area contributed by atoms with E-state index in [2.05, 4.69) is 26.1 Å². The summed E-state index contributed by atoms with van der Waals surface area (Å²) in [6.07, 6.45) is 5.15. The Kier molecular flexibility index (Phi) is 4.74. The molecule has 2 aliphatic rings. The van der Waals surface area contributed by atoms with Crippen LogP contribution in [0.25, 0.3) is 0 Å². The first-order valence-electron chi connectivity index (χ1n) is 7.61. The van der Waals surface area contributed by atoms with Crippen LogP contribution in [0.4, 0.5) is 4.39 Å². The van der Waals surface area contributed by atoms with Crippen molar-refractivity contribution in [2.75, 3.05) is 19.6 Å². The zero-order valence-corrected chi connectivity index (χ0v) is 13.3. The molecular weight excluding hydrogens is 319 g/mol. The average Bonchev–Trinajstić information content (AvgIpc) is 3.28. The number of benzene rings is 1. The summed E-state index contributed by atoms with van der Waals surface area (Å²) in [6.45, 7) is 4.32. The first kappa shape index (κ1) is 14.5. The van der Waals surface area contributed by atoms with Crippen LogP contribution in [0.15, 0.2) is 22.7 Å². The second kappa shape index (κ2) is 6.54. The van der Waals surface area contributed by atoms with Gasteiger partial charge >= 0.3 is 0 Å². The minimum atomic E-state index is -0.138. The van der Waals surface area contributed by atoms with Gasteiger partial charge in [-0.05, 0) is 68.5 Å². The quantitative estimate of drug-likeness (QED) is 0.881. The van der Waals surface area contributed by atoms with Crippen molar-refractivity contribution in [2.45, 2.75) is 38.3 Å². The summed E-state index contributed by atoms with van der Waals surface area (Å²) >= 11 is 3.55. The first-order chi connectivity index (χ1) is 9.72. The Morgan fingerprint density at radius 2 is 1.95 bits per heavy atom. The number of nitrogens with one attached hydrogen (secondary N) is 1. The monoisotopic (exact) mass is 340 g/mol. The minimum Gasteiger partial charge on any atom is -0.317 e. The molecule has 1 saturated heterocycles. The lowest BCUT2D eigenvalue weighted by molar-refractivity contribution is 0.190. The fourth-order valence-electron chi connectivity index (χ4n) is 3.06. The molecule has 20 heavy (non-hydrogen) atoms. The van der Waals surface area contributed by atoms with Gasteiger partial charge in [0.25, 0.3) is 0 Å². The van der Waals surface area contributed by atoms with Crippen molar-refractivity contribution < 1.29 is 4.39 Å². The summed E-state index contributed by atoms with van der Waals surface area (Å²) in [4.78, 5) is 2.56. The SMILES string of the molecule is Fc1ccc(Br)c(CN(CC2CCNCC2)C2CC2)c1. The number of piperidine rings is 1. The van der Waals surface area contributed by atoms with Crippen molar-refractivity contribution in [2.24, 2.45) is 5.92 Å². The maximum Gasteiger partial charge on any atom is 0.123 e. The van der Waals surface area contributed by atoms with Crippen LogP contribution in [0.3, 0.4) is 0 Å².